The molecule has 4 heteroatoms. The van der Waals surface area contributed by atoms with Gasteiger partial charge in [-0.15, -0.1) is 0 Å². The summed E-state index contributed by atoms with van der Waals surface area (Å²) in [6, 6.07) is 0. The van der Waals surface area contributed by atoms with Crippen LogP contribution in [0.15, 0.2) is 34.9 Å². The van der Waals surface area contributed by atoms with E-state index in [1.807, 2.05) is 13.0 Å². The van der Waals surface area contributed by atoms with Crippen molar-refractivity contribution in [2.45, 2.75) is 73.6 Å². The second-order valence-corrected chi connectivity index (χ2v) is 6.75. The van der Waals surface area contributed by atoms with Crippen LogP contribution in [0.2, 0.25) is 0 Å². The van der Waals surface area contributed by atoms with Crippen molar-refractivity contribution in [1.29, 1.82) is 0 Å². The van der Waals surface area contributed by atoms with E-state index in [9.17, 15) is 9.59 Å². The van der Waals surface area contributed by atoms with E-state index < -0.39 is 17.9 Å². The molecule has 0 atom stereocenters. The van der Waals surface area contributed by atoms with Crippen molar-refractivity contribution in [3.8, 4) is 0 Å². The van der Waals surface area contributed by atoms with Crippen LogP contribution in [0.25, 0.3) is 0 Å². The van der Waals surface area contributed by atoms with E-state index in [2.05, 4.69) is 32.9 Å². The van der Waals surface area contributed by atoms with Crippen LogP contribution < -0.4 is 0 Å². The fourth-order valence-corrected chi connectivity index (χ4v) is 2.43. The molecule has 148 valence electrons. The Morgan fingerprint density at radius 2 is 1.23 bits per heavy atom. The lowest BCUT2D eigenvalue weighted by Gasteiger charge is -2.13. The van der Waals surface area contributed by atoms with Crippen molar-refractivity contribution in [1.82, 2.24) is 0 Å². The van der Waals surface area contributed by atoms with Gasteiger partial charge >= 0.3 is 11.9 Å². The highest BCUT2D eigenvalue weighted by atomic mass is 16.6. The van der Waals surface area contributed by atoms with Crippen LogP contribution in [0.4, 0.5) is 0 Å². The summed E-state index contributed by atoms with van der Waals surface area (Å²) in [6.07, 6.45) is 10.8. The molecule has 0 saturated carbocycles. The van der Waals surface area contributed by atoms with Gasteiger partial charge in [0.2, 0.25) is 0 Å². The molecule has 0 amide bonds. The highest BCUT2D eigenvalue weighted by molar-refractivity contribution is 5.95. The molecular formula is C22H36O4. The molecule has 0 aromatic heterocycles. The highest BCUT2D eigenvalue weighted by Crippen LogP contribution is 2.15. The molecule has 0 aliphatic rings. The number of rotatable bonds is 12. The number of ether oxygens (including phenoxy) is 2. The Morgan fingerprint density at radius 1 is 0.769 bits per heavy atom. The molecule has 0 aliphatic heterocycles. The van der Waals surface area contributed by atoms with Gasteiger partial charge < -0.3 is 9.47 Å². The lowest BCUT2D eigenvalue weighted by molar-refractivity contribution is -0.161. The first kappa shape index (κ1) is 24.2. The van der Waals surface area contributed by atoms with Crippen LogP contribution in [-0.4, -0.2) is 25.2 Å². The van der Waals surface area contributed by atoms with Crippen molar-refractivity contribution in [3.05, 3.63) is 34.9 Å². The van der Waals surface area contributed by atoms with Crippen LogP contribution in [0.1, 0.15) is 73.6 Å². The largest absolute Gasteiger partial charge is 0.465 e. The van der Waals surface area contributed by atoms with Crippen LogP contribution in [-0.2, 0) is 19.1 Å². The van der Waals surface area contributed by atoms with E-state index >= 15 is 0 Å². The molecule has 0 unspecified atom stereocenters. The minimum atomic E-state index is -0.869. The summed E-state index contributed by atoms with van der Waals surface area (Å²) in [5, 5.41) is 0. The Kier molecular flexibility index (Phi) is 13.3. The van der Waals surface area contributed by atoms with Gasteiger partial charge in [-0.25, -0.2) is 0 Å². The Bertz CT molecular complexity index is 504. The van der Waals surface area contributed by atoms with Crippen molar-refractivity contribution in [3.63, 3.8) is 0 Å². The molecule has 0 aromatic rings. The number of carbonyl (C=O) groups excluding carboxylic acids is 2. The van der Waals surface area contributed by atoms with Crippen LogP contribution >= 0.6 is 0 Å². The fraction of sp³-hybridized carbons (Fsp3) is 0.636. The van der Waals surface area contributed by atoms with Gasteiger partial charge in [-0.1, -0.05) is 34.9 Å². The van der Waals surface area contributed by atoms with Gasteiger partial charge in [0.1, 0.15) is 0 Å². The van der Waals surface area contributed by atoms with E-state index in [1.54, 1.807) is 13.8 Å². The van der Waals surface area contributed by atoms with Crippen molar-refractivity contribution >= 4 is 11.9 Å². The maximum absolute atomic E-state index is 12.0. The molecule has 0 N–H and O–H groups in total. The molecule has 0 fully saturated rings. The maximum Gasteiger partial charge on any atom is 0.320 e. The minimum absolute atomic E-state index is 0.258. The predicted octanol–water partition coefficient (Wildman–Crippen LogP) is 5.54. The van der Waals surface area contributed by atoms with Gasteiger partial charge in [-0.3, -0.25) is 9.59 Å². The van der Waals surface area contributed by atoms with E-state index in [-0.39, 0.29) is 13.2 Å². The monoisotopic (exact) mass is 364 g/mol. The molecule has 0 rings (SSSR count). The maximum atomic E-state index is 12.0. The zero-order valence-electron chi connectivity index (χ0n) is 17.4. The van der Waals surface area contributed by atoms with Gasteiger partial charge in [0.05, 0.1) is 13.2 Å². The fourth-order valence-electron chi connectivity index (χ4n) is 2.43. The van der Waals surface area contributed by atoms with Crippen molar-refractivity contribution < 1.29 is 19.1 Å². The quantitative estimate of drug-likeness (QED) is 0.259. The molecule has 0 aromatic carbocycles. The van der Waals surface area contributed by atoms with Gasteiger partial charge in [0.25, 0.3) is 0 Å². The predicted molar refractivity (Wildman–Crippen MR) is 107 cm³/mol. The number of hydrogen-bond donors (Lipinski definition) is 0. The lowest BCUT2D eigenvalue weighted by atomic mass is 10.0. The summed E-state index contributed by atoms with van der Waals surface area (Å²) in [6.45, 7) is 12.4. The Labute approximate surface area is 159 Å². The minimum Gasteiger partial charge on any atom is -0.465 e. The SMILES string of the molecule is CCOC(=O)C(CC=C(C)CCC=C(C)CCC=C(C)C)C(=O)OCC. The Hall–Kier alpha value is -1.84. The molecule has 0 bridgehead atoms. The molecular weight excluding hydrogens is 328 g/mol. The van der Waals surface area contributed by atoms with Crippen molar-refractivity contribution in [2.24, 2.45) is 5.92 Å². The smallest absolute Gasteiger partial charge is 0.320 e. The summed E-state index contributed by atoms with van der Waals surface area (Å²) < 4.78 is 9.97. The standard InChI is InChI=1S/C22H36O4/c1-7-25-21(23)20(22(24)26-8-2)16-15-19(6)14-10-13-18(5)12-9-11-17(3)4/h11,13,15,20H,7-10,12,14,16H2,1-6H3. The van der Waals surface area contributed by atoms with E-state index in [4.69, 9.17) is 9.47 Å². The zero-order chi connectivity index (χ0) is 19.9. The molecule has 0 radical (unpaired) electrons. The topological polar surface area (TPSA) is 52.6 Å². The molecule has 26 heavy (non-hydrogen) atoms. The van der Waals surface area contributed by atoms with E-state index in [0.717, 1.165) is 31.3 Å². The number of hydrogen-bond acceptors (Lipinski definition) is 4. The first-order chi connectivity index (χ1) is 12.3. The summed E-state index contributed by atoms with van der Waals surface area (Å²) >= 11 is 0. The van der Waals surface area contributed by atoms with Crippen LogP contribution in [0, 0.1) is 5.92 Å². The highest BCUT2D eigenvalue weighted by Gasteiger charge is 2.28. The average Bonchev–Trinajstić information content (AvgIpc) is 2.55. The number of allylic oxidation sites excluding steroid dienone is 6. The number of carbonyl (C=O) groups is 2. The first-order valence-corrected chi connectivity index (χ1v) is 9.59. The zero-order valence-corrected chi connectivity index (χ0v) is 17.4. The summed E-state index contributed by atoms with van der Waals surface area (Å²) in [5.41, 5.74) is 3.91. The third-order valence-corrected chi connectivity index (χ3v) is 3.97. The van der Waals surface area contributed by atoms with Crippen molar-refractivity contribution in [2.75, 3.05) is 13.2 Å². The molecule has 0 saturated heterocycles. The second-order valence-electron chi connectivity index (χ2n) is 6.75. The Balaban J connectivity index is 4.55. The summed E-state index contributed by atoms with van der Waals surface area (Å²) in [4.78, 5) is 23.9. The van der Waals surface area contributed by atoms with Gasteiger partial charge in [0.15, 0.2) is 5.92 Å². The average molecular weight is 365 g/mol. The third-order valence-electron chi connectivity index (χ3n) is 3.97. The summed E-state index contributed by atoms with van der Waals surface area (Å²) in [7, 11) is 0. The number of esters is 2. The van der Waals surface area contributed by atoms with Crippen LogP contribution in [0.3, 0.4) is 0 Å². The van der Waals surface area contributed by atoms with Gasteiger partial charge in [0, 0.05) is 0 Å². The second kappa shape index (κ2) is 14.3. The molecule has 0 spiro atoms. The Morgan fingerprint density at radius 3 is 1.69 bits per heavy atom. The lowest BCUT2D eigenvalue weighted by Crippen LogP contribution is -2.27. The van der Waals surface area contributed by atoms with Gasteiger partial charge in [-0.2, -0.15) is 0 Å². The van der Waals surface area contributed by atoms with Crippen LogP contribution in [0.5, 0.6) is 0 Å². The first-order valence-electron chi connectivity index (χ1n) is 9.59. The van der Waals surface area contributed by atoms with E-state index in [0.29, 0.717) is 6.42 Å². The molecule has 4 nitrogen and oxygen atoms in total. The van der Waals surface area contributed by atoms with E-state index in [1.165, 1.54) is 11.1 Å². The molecule has 0 heterocycles. The normalized spacial score (nSPS) is 12.1. The third kappa shape index (κ3) is 11.7. The molecule has 0 aliphatic carbocycles. The summed E-state index contributed by atoms with van der Waals surface area (Å²) in [5.74, 6) is -1.89. The van der Waals surface area contributed by atoms with Gasteiger partial charge in [-0.05, 0) is 73.6 Å².